The number of benzene rings is 3. The van der Waals surface area contributed by atoms with Crippen molar-refractivity contribution in [3.05, 3.63) is 114 Å². The fourth-order valence-corrected chi connectivity index (χ4v) is 4.53. The number of nitrogens with zero attached hydrogens (tertiary/aromatic N) is 3. The second kappa shape index (κ2) is 9.22. The Kier molecular flexibility index (Phi) is 5.83. The number of aromatic nitrogens is 1. The van der Waals surface area contributed by atoms with Gasteiger partial charge in [0, 0.05) is 18.1 Å². The zero-order valence-corrected chi connectivity index (χ0v) is 18.8. The van der Waals surface area contributed by atoms with Gasteiger partial charge in [-0.3, -0.25) is 9.69 Å². The molecule has 0 radical (unpaired) electrons. The van der Waals surface area contributed by atoms with Gasteiger partial charge in [-0.1, -0.05) is 36.4 Å². The predicted octanol–water partition coefficient (Wildman–Crippen LogP) is 6.29. The molecule has 1 saturated heterocycles. The van der Waals surface area contributed by atoms with E-state index < -0.39 is 0 Å². The first-order chi connectivity index (χ1) is 16.2. The van der Waals surface area contributed by atoms with Gasteiger partial charge in [-0.25, -0.2) is 4.99 Å². The zero-order valence-electron chi connectivity index (χ0n) is 18.0. The SMILES string of the molecule is COc1ccc(-n2ccc(/C=C3/SC(=Nc4ccccc4)N(c4ccccc4)C3=O)c2)cc1. The Hall–Kier alpha value is -4.03. The van der Waals surface area contributed by atoms with Crippen LogP contribution in [0.5, 0.6) is 5.75 Å². The lowest BCUT2D eigenvalue weighted by Gasteiger charge is -2.15. The summed E-state index contributed by atoms with van der Waals surface area (Å²) in [5.74, 6) is 0.727. The first kappa shape index (κ1) is 20.8. The lowest BCUT2D eigenvalue weighted by atomic mass is 10.2. The van der Waals surface area contributed by atoms with Crippen LogP contribution in [0.3, 0.4) is 0 Å². The van der Waals surface area contributed by atoms with Gasteiger partial charge in [-0.15, -0.1) is 0 Å². The summed E-state index contributed by atoms with van der Waals surface area (Å²) in [6.07, 6.45) is 5.89. The van der Waals surface area contributed by atoms with Gasteiger partial charge in [0.1, 0.15) is 5.75 Å². The van der Waals surface area contributed by atoms with Gasteiger partial charge in [0.15, 0.2) is 5.17 Å². The van der Waals surface area contributed by atoms with Gasteiger partial charge in [-0.2, -0.15) is 0 Å². The standard InChI is InChI=1S/C27H21N3O2S/c1-32-24-14-12-22(13-15-24)29-17-16-20(19-29)18-25-26(31)30(23-10-6-3-7-11-23)27(33-25)28-21-8-4-2-5-9-21/h2-19H,1H3/b25-18+,28-27?. The molecule has 6 heteroatoms. The maximum absolute atomic E-state index is 13.4. The number of methoxy groups -OCH3 is 1. The van der Waals surface area contributed by atoms with E-state index in [2.05, 4.69) is 0 Å². The Labute approximate surface area is 196 Å². The molecule has 0 bridgehead atoms. The monoisotopic (exact) mass is 451 g/mol. The average molecular weight is 452 g/mol. The molecular weight excluding hydrogens is 430 g/mol. The highest BCUT2D eigenvalue weighted by Crippen LogP contribution is 2.37. The number of hydrogen-bond donors (Lipinski definition) is 0. The molecule has 5 nitrogen and oxygen atoms in total. The maximum atomic E-state index is 13.4. The highest BCUT2D eigenvalue weighted by Gasteiger charge is 2.34. The summed E-state index contributed by atoms with van der Waals surface area (Å²) < 4.78 is 7.25. The van der Waals surface area contributed by atoms with E-state index in [0.29, 0.717) is 10.1 Å². The van der Waals surface area contributed by atoms with Crippen LogP contribution in [0.15, 0.2) is 113 Å². The van der Waals surface area contributed by atoms with Gasteiger partial charge < -0.3 is 9.30 Å². The third kappa shape index (κ3) is 4.47. The van der Waals surface area contributed by atoms with Crippen molar-refractivity contribution in [3.63, 3.8) is 0 Å². The number of hydrogen-bond acceptors (Lipinski definition) is 4. The van der Waals surface area contributed by atoms with Crippen LogP contribution in [0.25, 0.3) is 11.8 Å². The summed E-state index contributed by atoms with van der Waals surface area (Å²) in [7, 11) is 1.65. The fourth-order valence-electron chi connectivity index (χ4n) is 3.53. The minimum atomic E-state index is -0.0851. The Morgan fingerprint density at radius 3 is 2.24 bits per heavy atom. The van der Waals surface area contributed by atoms with Crippen LogP contribution in [0.4, 0.5) is 11.4 Å². The average Bonchev–Trinajstić information content (AvgIpc) is 3.45. The van der Waals surface area contributed by atoms with Crippen LogP contribution in [0.2, 0.25) is 0 Å². The molecule has 162 valence electrons. The van der Waals surface area contributed by atoms with Gasteiger partial charge in [0.2, 0.25) is 0 Å². The Morgan fingerprint density at radius 2 is 1.55 bits per heavy atom. The first-order valence-corrected chi connectivity index (χ1v) is 11.3. The summed E-state index contributed by atoms with van der Waals surface area (Å²) in [5.41, 5.74) is 3.56. The van der Waals surface area contributed by atoms with Crippen molar-refractivity contribution >= 4 is 40.3 Å². The van der Waals surface area contributed by atoms with Crippen molar-refractivity contribution in [3.8, 4) is 11.4 Å². The van der Waals surface area contributed by atoms with Crippen LogP contribution >= 0.6 is 11.8 Å². The van der Waals surface area contributed by atoms with E-state index in [-0.39, 0.29) is 5.91 Å². The minimum absolute atomic E-state index is 0.0851. The number of anilines is 1. The second-order valence-corrected chi connectivity index (χ2v) is 8.38. The first-order valence-electron chi connectivity index (χ1n) is 10.5. The smallest absolute Gasteiger partial charge is 0.271 e. The molecule has 33 heavy (non-hydrogen) atoms. The van der Waals surface area contributed by atoms with Crippen molar-refractivity contribution < 1.29 is 9.53 Å². The number of ether oxygens (including phenoxy) is 1. The lowest BCUT2D eigenvalue weighted by molar-refractivity contribution is -0.113. The number of aliphatic imine (C=N–C) groups is 1. The molecule has 4 aromatic rings. The molecule has 5 rings (SSSR count). The minimum Gasteiger partial charge on any atom is -0.497 e. The molecule has 0 aliphatic carbocycles. The van der Waals surface area contributed by atoms with E-state index in [4.69, 9.17) is 9.73 Å². The Morgan fingerprint density at radius 1 is 0.848 bits per heavy atom. The molecule has 0 saturated carbocycles. The van der Waals surface area contributed by atoms with E-state index in [1.165, 1.54) is 11.8 Å². The molecule has 3 aromatic carbocycles. The summed E-state index contributed by atoms with van der Waals surface area (Å²) in [6.45, 7) is 0. The number of amides is 1. The van der Waals surface area contributed by atoms with E-state index in [9.17, 15) is 4.79 Å². The molecule has 0 unspecified atom stereocenters. The molecule has 0 atom stereocenters. The van der Waals surface area contributed by atoms with Crippen LogP contribution in [0, 0.1) is 0 Å². The number of thioether (sulfide) groups is 1. The number of amidine groups is 1. The molecule has 1 aromatic heterocycles. The van der Waals surface area contributed by atoms with Crippen LogP contribution in [0.1, 0.15) is 5.56 Å². The van der Waals surface area contributed by atoms with Gasteiger partial charge in [-0.05, 0) is 78.0 Å². The van der Waals surface area contributed by atoms with Gasteiger partial charge in [0.25, 0.3) is 5.91 Å². The quantitative estimate of drug-likeness (QED) is 0.335. The number of para-hydroxylation sites is 2. The highest BCUT2D eigenvalue weighted by molar-refractivity contribution is 8.19. The molecular formula is C27H21N3O2S. The largest absolute Gasteiger partial charge is 0.497 e. The van der Waals surface area contributed by atoms with Crippen molar-refractivity contribution in [2.75, 3.05) is 12.0 Å². The Bertz CT molecular complexity index is 1330. The second-order valence-electron chi connectivity index (χ2n) is 7.37. The van der Waals surface area contributed by atoms with E-state index >= 15 is 0 Å². The number of carbonyl (C=O) groups is 1. The Balaban J connectivity index is 1.48. The van der Waals surface area contributed by atoms with Crippen molar-refractivity contribution in [1.29, 1.82) is 0 Å². The highest BCUT2D eigenvalue weighted by atomic mass is 32.2. The van der Waals surface area contributed by atoms with Crippen LogP contribution in [-0.4, -0.2) is 22.8 Å². The molecule has 1 aliphatic heterocycles. The van der Waals surface area contributed by atoms with Gasteiger partial charge >= 0.3 is 0 Å². The fraction of sp³-hybridized carbons (Fsp3) is 0.0370. The number of rotatable bonds is 5. The van der Waals surface area contributed by atoms with Crippen molar-refractivity contribution in [2.24, 2.45) is 4.99 Å². The predicted molar refractivity (Wildman–Crippen MR) is 135 cm³/mol. The topological polar surface area (TPSA) is 46.8 Å². The molecule has 1 fully saturated rings. The normalized spacial score (nSPS) is 16.0. The molecule has 0 N–H and O–H groups in total. The molecule has 2 heterocycles. The molecule has 0 spiro atoms. The van der Waals surface area contributed by atoms with E-state index in [1.54, 1.807) is 12.0 Å². The summed E-state index contributed by atoms with van der Waals surface area (Å²) in [4.78, 5) is 20.4. The van der Waals surface area contributed by atoms with E-state index in [0.717, 1.165) is 28.4 Å². The summed E-state index contributed by atoms with van der Waals surface area (Å²) in [5, 5.41) is 0.637. The molecule has 1 amide bonds. The van der Waals surface area contributed by atoms with Crippen molar-refractivity contribution in [1.82, 2.24) is 4.57 Å². The number of carbonyl (C=O) groups excluding carboxylic acids is 1. The summed E-state index contributed by atoms with van der Waals surface area (Å²) in [6, 6.07) is 29.1. The van der Waals surface area contributed by atoms with Crippen LogP contribution in [-0.2, 0) is 4.79 Å². The molecule has 1 aliphatic rings. The van der Waals surface area contributed by atoms with Crippen LogP contribution < -0.4 is 9.64 Å². The zero-order chi connectivity index (χ0) is 22.6. The van der Waals surface area contributed by atoms with Gasteiger partial charge in [0.05, 0.1) is 23.4 Å². The third-order valence-electron chi connectivity index (χ3n) is 5.19. The van der Waals surface area contributed by atoms with E-state index in [1.807, 2.05) is 114 Å². The third-order valence-corrected chi connectivity index (χ3v) is 6.15. The lowest BCUT2D eigenvalue weighted by Crippen LogP contribution is -2.28. The summed E-state index contributed by atoms with van der Waals surface area (Å²) >= 11 is 1.38. The maximum Gasteiger partial charge on any atom is 0.271 e. The van der Waals surface area contributed by atoms with Crippen molar-refractivity contribution in [2.45, 2.75) is 0 Å².